The van der Waals surface area contributed by atoms with Crippen LogP contribution in [-0.4, -0.2) is 60.9 Å². The molecule has 1 saturated carbocycles. The minimum absolute atomic E-state index is 0.512. The molecule has 0 amide bonds. The predicted molar refractivity (Wildman–Crippen MR) is 97.5 cm³/mol. The average molecular weight is 348 g/mol. The highest BCUT2D eigenvalue weighted by Crippen LogP contribution is 2.43. The highest BCUT2D eigenvalue weighted by atomic mass is 16.5. The maximum atomic E-state index is 5.99. The standard InChI is InChI=1S/C20H33N3O2/c1-15-19(16(2)25-21-15)11-23-8-6-20(7-9-23)10-18(22(3)14-20)13-24-12-17-4-5-17/h17-18H,4-14H2,1-3H3/t18-/m1/s1. The van der Waals surface area contributed by atoms with Gasteiger partial charge in [-0.1, -0.05) is 5.16 Å². The van der Waals surface area contributed by atoms with Crippen LogP contribution in [0.2, 0.25) is 0 Å². The Labute approximate surface area is 151 Å². The van der Waals surface area contributed by atoms with Crippen molar-refractivity contribution in [3.8, 4) is 0 Å². The van der Waals surface area contributed by atoms with E-state index in [9.17, 15) is 0 Å². The van der Waals surface area contributed by atoms with Gasteiger partial charge in [-0.05, 0) is 77.4 Å². The fourth-order valence-corrected chi connectivity index (χ4v) is 4.72. The van der Waals surface area contributed by atoms with E-state index in [2.05, 4.69) is 28.9 Å². The lowest BCUT2D eigenvalue weighted by Gasteiger charge is -2.39. The summed E-state index contributed by atoms with van der Waals surface area (Å²) in [6.07, 6.45) is 6.68. The van der Waals surface area contributed by atoms with E-state index in [1.807, 2.05) is 6.92 Å². The molecule has 0 N–H and O–H groups in total. The number of likely N-dealkylation sites (N-methyl/N-ethyl adjacent to an activating group) is 1. The topological polar surface area (TPSA) is 41.7 Å². The molecule has 0 aromatic carbocycles. The van der Waals surface area contributed by atoms with E-state index < -0.39 is 0 Å². The Bertz CT molecular complexity index is 568. The van der Waals surface area contributed by atoms with Crippen LogP contribution >= 0.6 is 0 Å². The molecule has 2 saturated heterocycles. The maximum absolute atomic E-state index is 5.99. The minimum Gasteiger partial charge on any atom is -0.380 e. The van der Waals surface area contributed by atoms with Crippen molar-refractivity contribution >= 4 is 0 Å². The third-order valence-corrected chi connectivity index (χ3v) is 6.72. The minimum atomic E-state index is 0.512. The normalized spacial score (nSPS) is 27.4. The number of aryl methyl sites for hydroxylation is 2. The molecule has 140 valence electrons. The van der Waals surface area contributed by atoms with E-state index in [1.165, 1.54) is 57.3 Å². The number of piperidine rings is 1. The maximum Gasteiger partial charge on any atom is 0.138 e. The molecule has 0 bridgehead atoms. The van der Waals surface area contributed by atoms with Gasteiger partial charge < -0.3 is 14.2 Å². The molecule has 5 heteroatoms. The van der Waals surface area contributed by atoms with Crippen molar-refractivity contribution in [2.45, 2.75) is 58.5 Å². The number of nitrogens with zero attached hydrogens (tertiary/aromatic N) is 3. The molecule has 1 aromatic heterocycles. The van der Waals surface area contributed by atoms with Crippen LogP contribution in [0, 0.1) is 25.2 Å². The molecule has 1 atom stereocenters. The first-order valence-corrected chi connectivity index (χ1v) is 9.97. The molecule has 3 aliphatic rings. The Balaban J connectivity index is 1.27. The van der Waals surface area contributed by atoms with Crippen LogP contribution in [0.25, 0.3) is 0 Å². The van der Waals surface area contributed by atoms with Gasteiger partial charge in [0.2, 0.25) is 0 Å². The first-order valence-electron chi connectivity index (χ1n) is 9.97. The molecule has 3 heterocycles. The van der Waals surface area contributed by atoms with Gasteiger partial charge in [-0.25, -0.2) is 0 Å². The molecule has 3 fully saturated rings. The number of ether oxygens (including phenoxy) is 1. The summed E-state index contributed by atoms with van der Waals surface area (Å²) < 4.78 is 11.3. The van der Waals surface area contributed by atoms with Gasteiger partial charge in [0.25, 0.3) is 0 Å². The molecule has 4 rings (SSSR count). The highest BCUT2D eigenvalue weighted by molar-refractivity contribution is 5.20. The van der Waals surface area contributed by atoms with E-state index in [0.29, 0.717) is 11.5 Å². The Morgan fingerprint density at radius 3 is 2.60 bits per heavy atom. The summed E-state index contributed by atoms with van der Waals surface area (Å²) in [5, 5.41) is 4.10. The van der Waals surface area contributed by atoms with Gasteiger partial charge in [0.1, 0.15) is 5.76 Å². The average Bonchev–Trinajstić information content (AvgIpc) is 3.30. The number of hydrogen-bond acceptors (Lipinski definition) is 5. The third-order valence-electron chi connectivity index (χ3n) is 6.72. The first-order chi connectivity index (χ1) is 12.0. The first kappa shape index (κ1) is 17.5. The zero-order valence-corrected chi connectivity index (χ0v) is 16.1. The lowest BCUT2D eigenvalue weighted by Crippen LogP contribution is -2.41. The second kappa shape index (κ2) is 7.01. The van der Waals surface area contributed by atoms with Crippen LogP contribution in [0.4, 0.5) is 0 Å². The predicted octanol–water partition coefficient (Wildman–Crippen LogP) is 3.00. The number of aromatic nitrogens is 1. The zero-order chi connectivity index (χ0) is 17.4. The van der Waals surface area contributed by atoms with Crippen LogP contribution in [0.15, 0.2) is 4.52 Å². The highest BCUT2D eigenvalue weighted by Gasteiger charge is 2.44. The largest absolute Gasteiger partial charge is 0.380 e. The number of likely N-dealkylation sites (tertiary alicyclic amines) is 2. The van der Waals surface area contributed by atoms with Crippen molar-refractivity contribution in [3.63, 3.8) is 0 Å². The summed E-state index contributed by atoms with van der Waals surface area (Å²) in [6, 6.07) is 0.618. The van der Waals surface area contributed by atoms with Crippen LogP contribution in [-0.2, 0) is 11.3 Å². The zero-order valence-electron chi connectivity index (χ0n) is 16.1. The molecule has 2 aliphatic heterocycles. The van der Waals surface area contributed by atoms with Crippen molar-refractivity contribution in [1.82, 2.24) is 15.0 Å². The second-order valence-electron chi connectivity index (χ2n) is 8.83. The van der Waals surface area contributed by atoms with Crippen LogP contribution < -0.4 is 0 Å². The van der Waals surface area contributed by atoms with Gasteiger partial charge in [0, 0.05) is 31.3 Å². The summed E-state index contributed by atoms with van der Waals surface area (Å²) >= 11 is 0. The van der Waals surface area contributed by atoms with E-state index >= 15 is 0 Å². The van der Waals surface area contributed by atoms with E-state index in [0.717, 1.165) is 37.1 Å². The molecule has 5 nitrogen and oxygen atoms in total. The van der Waals surface area contributed by atoms with Crippen molar-refractivity contribution in [2.75, 3.05) is 39.9 Å². The van der Waals surface area contributed by atoms with Gasteiger partial charge in [0.05, 0.1) is 12.3 Å². The molecule has 0 radical (unpaired) electrons. The Hall–Kier alpha value is -0.910. The fraction of sp³-hybridized carbons (Fsp3) is 0.850. The molecule has 1 spiro atoms. The van der Waals surface area contributed by atoms with Crippen molar-refractivity contribution in [1.29, 1.82) is 0 Å². The smallest absolute Gasteiger partial charge is 0.138 e. The van der Waals surface area contributed by atoms with Crippen molar-refractivity contribution in [3.05, 3.63) is 17.0 Å². The van der Waals surface area contributed by atoms with Gasteiger partial charge in [-0.2, -0.15) is 0 Å². The van der Waals surface area contributed by atoms with Crippen LogP contribution in [0.1, 0.15) is 49.1 Å². The second-order valence-corrected chi connectivity index (χ2v) is 8.83. The van der Waals surface area contributed by atoms with E-state index in [1.54, 1.807) is 0 Å². The summed E-state index contributed by atoms with van der Waals surface area (Å²) in [6.45, 7) is 10.6. The Kier molecular flexibility index (Phi) is 4.91. The number of rotatable bonds is 6. The van der Waals surface area contributed by atoms with Gasteiger partial charge in [0.15, 0.2) is 0 Å². The third kappa shape index (κ3) is 3.93. The fourth-order valence-electron chi connectivity index (χ4n) is 4.72. The summed E-state index contributed by atoms with van der Waals surface area (Å²) in [7, 11) is 2.29. The monoisotopic (exact) mass is 347 g/mol. The van der Waals surface area contributed by atoms with Gasteiger partial charge >= 0.3 is 0 Å². The van der Waals surface area contributed by atoms with Gasteiger partial charge in [-0.15, -0.1) is 0 Å². The molecule has 1 aromatic rings. The molecular weight excluding hydrogens is 314 g/mol. The molecular formula is C20H33N3O2. The van der Waals surface area contributed by atoms with Gasteiger partial charge in [-0.3, -0.25) is 4.90 Å². The van der Waals surface area contributed by atoms with Crippen LogP contribution in [0.3, 0.4) is 0 Å². The SMILES string of the molecule is Cc1noc(C)c1CN1CCC2(CC1)C[C@H](COCC1CC1)N(C)C2. The summed E-state index contributed by atoms with van der Waals surface area (Å²) in [5.74, 6) is 1.85. The lowest BCUT2D eigenvalue weighted by atomic mass is 9.76. The quantitative estimate of drug-likeness (QED) is 0.791. The lowest BCUT2D eigenvalue weighted by molar-refractivity contribution is 0.0776. The summed E-state index contributed by atoms with van der Waals surface area (Å²) in [5.41, 5.74) is 2.84. The number of hydrogen-bond donors (Lipinski definition) is 0. The summed E-state index contributed by atoms with van der Waals surface area (Å²) in [4.78, 5) is 5.13. The van der Waals surface area contributed by atoms with Crippen LogP contribution in [0.5, 0.6) is 0 Å². The molecule has 25 heavy (non-hydrogen) atoms. The van der Waals surface area contributed by atoms with Crippen molar-refractivity contribution in [2.24, 2.45) is 11.3 Å². The molecule has 1 aliphatic carbocycles. The Morgan fingerprint density at radius 2 is 1.96 bits per heavy atom. The van der Waals surface area contributed by atoms with E-state index in [-0.39, 0.29) is 0 Å². The van der Waals surface area contributed by atoms with Crippen molar-refractivity contribution < 1.29 is 9.26 Å². The Morgan fingerprint density at radius 1 is 1.20 bits per heavy atom. The molecule has 0 unspecified atom stereocenters. The van der Waals surface area contributed by atoms with E-state index in [4.69, 9.17) is 9.26 Å².